The number of allylic oxidation sites excluding steroid dienone is 10. The lowest BCUT2D eigenvalue weighted by Gasteiger charge is -2.18. The van der Waals surface area contributed by atoms with Crippen molar-refractivity contribution in [3.63, 3.8) is 0 Å². The molecule has 484 valence electrons. The van der Waals surface area contributed by atoms with Crippen molar-refractivity contribution in [1.29, 1.82) is 0 Å². The van der Waals surface area contributed by atoms with Gasteiger partial charge in [0.15, 0.2) is 6.10 Å². The van der Waals surface area contributed by atoms with E-state index in [2.05, 4.69) is 81.5 Å². The lowest BCUT2D eigenvalue weighted by Crippen LogP contribution is -2.30. The Labute approximate surface area is 517 Å². The highest BCUT2D eigenvalue weighted by atomic mass is 16.6. The standard InChI is InChI=1S/C77H140O6/c1-4-7-10-13-16-19-22-24-26-28-30-32-34-36-37-38-39-41-42-44-46-48-50-52-55-58-61-64-67-70-76(79)82-73-74(72-81-75(78)69-66-63-60-57-54-21-18-15-12-9-6-3)83-77(80)71-68-65-62-59-56-53-51-49-47-45-43-40-35-33-31-29-27-25-23-20-17-14-11-8-5-2/h8,11,17,20,25,27-28,30-31,33,74H,4-7,9-10,12-16,18-19,21-24,26,29,32,34-73H2,1-3H3/b11-8-,20-17-,27-25-,30-28-,33-31-. The zero-order valence-corrected chi connectivity index (χ0v) is 55.7. The summed E-state index contributed by atoms with van der Waals surface area (Å²) in [6, 6.07) is 0. The molecular weight excluding hydrogens is 1020 g/mol. The quantitative estimate of drug-likeness (QED) is 0.0261. The van der Waals surface area contributed by atoms with Gasteiger partial charge in [0.2, 0.25) is 0 Å². The summed E-state index contributed by atoms with van der Waals surface area (Å²) in [5.74, 6) is -0.846. The average Bonchev–Trinajstić information content (AvgIpc) is 3.48. The monoisotopic (exact) mass is 1160 g/mol. The van der Waals surface area contributed by atoms with Crippen molar-refractivity contribution < 1.29 is 28.6 Å². The number of ether oxygens (including phenoxy) is 3. The number of hydrogen-bond donors (Lipinski definition) is 0. The van der Waals surface area contributed by atoms with Crippen LogP contribution in [0.2, 0.25) is 0 Å². The minimum Gasteiger partial charge on any atom is -0.462 e. The first-order valence-corrected chi connectivity index (χ1v) is 36.8. The van der Waals surface area contributed by atoms with Crippen molar-refractivity contribution in [1.82, 2.24) is 0 Å². The molecule has 6 heteroatoms. The van der Waals surface area contributed by atoms with Crippen LogP contribution in [0.1, 0.15) is 393 Å². The zero-order valence-electron chi connectivity index (χ0n) is 55.7. The molecule has 0 fully saturated rings. The van der Waals surface area contributed by atoms with Crippen molar-refractivity contribution in [2.24, 2.45) is 0 Å². The molecule has 6 nitrogen and oxygen atoms in total. The van der Waals surface area contributed by atoms with E-state index < -0.39 is 6.10 Å². The van der Waals surface area contributed by atoms with E-state index >= 15 is 0 Å². The summed E-state index contributed by atoms with van der Waals surface area (Å²) in [5, 5.41) is 0. The molecule has 0 saturated carbocycles. The van der Waals surface area contributed by atoms with Crippen LogP contribution in [0.5, 0.6) is 0 Å². The Kier molecular flexibility index (Phi) is 69.1. The summed E-state index contributed by atoms with van der Waals surface area (Å²) in [6.07, 6.45) is 92.7. The molecule has 0 rings (SSSR count). The first-order valence-electron chi connectivity index (χ1n) is 36.8. The molecular formula is C77H140O6. The second kappa shape index (κ2) is 71.6. The Bertz CT molecular complexity index is 1470. The maximum absolute atomic E-state index is 13.0. The second-order valence-electron chi connectivity index (χ2n) is 24.8. The summed E-state index contributed by atoms with van der Waals surface area (Å²) in [5.41, 5.74) is 0. The molecule has 0 aromatic heterocycles. The van der Waals surface area contributed by atoms with E-state index in [-0.39, 0.29) is 31.1 Å². The molecule has 0 saturated heterocycles. The molecule has 0 heterocycles. The summed E-state index contributed by atoms with van der Waals surface area (Å²) in [7, 11) is 0. The number of esters is 3. The lowest BCUT2D eigenvalue weighted by molar-refractivity contribution is -0.167. The molecule has 1 unspecified atom stereocenters. The van der Waals surface area contributed by atoms with Gasteiger partial charge in [0.05, 0.1) is 0 Å². The minimum absolute atomic E-state index is 0.0694. The number of unbranched alkanes of at least 4 members (excludes halogenated alkanes) is 47. The van der Waals surface area contributed by atoms with E-state index in [9.17, 15) is 14.4 Å². The number of hydrogen-bond acceptors (Lipinski definition) is 6. The maximum atomic E-state index is 13.0. The Hall–Kier alpha value is -2.89. The van der Waals surface area contributed by atoms with Crippen LogP contribution in [0.25, 0.3) is 0 Å². The summed E-state index contributed by atoms with van der Waals surface area (Å²) in [6.45, 7) is 6.58. The zero-order chi connectivity index (χ0) is 59.9. The highest BCUT2D eigenvalue weighted by molar-refractivity contribution is 5.71. The molecule has 0 bridgehead atoms. The molecule has 0 aromatic carbocycles. The fourth-order valence-electron chi connectivity index (χ4n) is 11.0. The maximum Gasteiger partial charge on any atom is 0.306 e. The smallest absolute Gasteiger partial charge is 0.306 e. The summed E-state index contributed by atoms with van der Waals surface area (Å²) < 4.78 is 17.0. The molecule has 0 spiro atoms. The number of carbonyl (C=O) groups excluding carboxylic acids is 3. The van der Waals surface area contributed by atoms with Crippen molar-refractivity contribution in [3.05, 3.63) is 60.8 Å². The van der Waals surface area contributed by atoms with E-state index in [1.54, 1.807) is 0 Å². The van der Waals surface area contributed by atoms with Gasteiger partial charge < -0.3 is 14.2 Å². The third kappa shape index (κ3) is 69.8. The first kappa shape index (κ1) is 80.1. The summed E-state index contributed by atoms with van der Waals surface area (Å²) in [4.78, 5) is 38.4. The Balaban J connectivity index is 4.16. The van der Waals surface area contributed by atoms with Crippen LogP contribution in [0, 0.1) is 0 Å². The lowest BCUT2D eigenvalue weighted by atomic mass is 10.0. The van der Waals surface area contributed by atoms with Crippen LogP contribution in [0.15, 0.2) is 60.8 Å². The van der Waals surface area contributed by atoms with Gasteiger partial charge >= 0.3 is 17.9 Å². The van der Waals surface area contributed by atoms with Crippen LogP contribution < -0.4 is 0 Å². The van der Waals surface area contributed by atoms with Crippen LogP contribution >= 0.6 is 0 Å². The SMILES string of the molecule is CC/C=C\C/C=C\C/C=C\C/C=C\CCCCCCCCCCCCCCC(=O)OC(COC(=O)CCCCCCCCCCCCC)COC(=O)CCCCCCCCCCCCCCCCCCC/C=C\CCCCCCCCCC. The highest BCUT2D eigenvalue weighted by Gasteiger charge is 2.19. The van der Waals surface area contributed by atoms with Gasteiger partial charge in [-0.3, -0.25) is 14.4 Å². The van der Waals surface area contributed by atoms with Crippen LogP contribution in [0.3, 0.4) is 0 Å². The van der Waals surface area contributed by atoms with Crippen LogP contribution in [0.4, 0.5) is 0 Å². The molecule has 0 N–H and O–H groups in total. The van der Waals surface area contributed by atoms with E-state index in [0.717, 1.165) is 83.5 Å². The Morgan fingerprint density at radius 3 is 0.747 bits per heavy atom. The van der Waals surface area contributed by atoms with Crippen LogP contribution in [-0.2, 0) is 28.6 Å². The molecule has 0 aliphatic carbocycles. The van der Waals surface area contributed by atoms with Gasteiger partial charge in [-0.15, -0.1) is 0 Å². The summed E-state index contributed by atoms with van der Waals surface area (Å²) >= 11 is 0. The van der Waals surface area contributed by atoms with E-state index in [1.807, 2.05) is 0 Å². The third-order valence-corrected chi connectivity index (χ3v) is 16.5. The average molecular weight is 1160 g/mol. The van der Waals surface area contributed by atoms with Crippen molar-refractivity contribution in [2.45, 2.75) is 399 Å². The van der Waals surface area contributed by atoms with Gasteiger partial charge in [0.1, 0.15) is 13.2 Å². The number of rotatable bonds is 68. The van der Waals surface area contributed by atoms with Crippen molar-refractivity contribution in [3.8, 4) is 0 Å². The van der Waals surface area contributed by atoms with Gasteiger partial charge in [0, 0.05) is 19.3 Å². The van der Waals surface area contributed by atoms with Crippen molar-refractivity contribution >= 4 is 17.9 Å². The molecule has 0 amide bonds. The minimum atomic E-state index is -0.773. The van der Waals surface area contributed by atoms with E-state index in [1.165, 1.54) is 270 Å². The predicted molar refractivity (Wildman–Crippen MR) is 362 cm³/mol. The molecule has 0 radical (unpaired) electrons. The van der Waals surface area contributed by atoms with E-state index in [0.29, 0.717) is 19.3 Å². The molecule has 0 aliphatic heterocycles. The topological polar surface area (TPSA) is 78.9 Å². The van der Waals surface area contributed by atoms with Crippen molar-refractivity contribution in [2.75, 3.05) is 13.2 Å². The van der Waals surface area contributed by atoms with E-state index in [4.69, 9.17) is 14.2 Å². The predicted octanol–water partition coefficient (Wildman–Crippen LogP) is 25.5. The van der Waals surface area contributed by atoms with Gasteiger partial charge in [-0.25, -0.2) is 0 Å². The number of carbonyl (C=O) groups is 3. The van der Waals surface area contributed by atoms with Crippen LogP contribution in [-0.4, -0.2) is 37.2 Å². The van der Waals surface area contributed by atoms with Gasteiger partial charge in [-0.05, 0) is 83.5 Å². The molecule has 83 heavy (non-hydrogen) atoms. The largest absolute Gasteiger partial charge is 0.462 e. The third-order valence-electron chi connectivity index (χ3n) is 16.5. The molecule has 0 aliphatic rings. The fourth-order valence-corrected chi connectivity index (χ4v) is 11.0. The fraction of sp³-hybridized carbons (Fsp3) is 0.831. The van der Waals surface area contributed by atoms with Gasteiger partial charge in [0.25, 0.3) is 0 Å². The van der Waals surface area contributed by atoms with Gasteiger partial charge in [-0.1, -0.05) is 351 Å². The second-order valence-corrected chi connectivity index (χ2v) is 24.8. The molecule has 0 aromatic rings. The first-order chi connectivity index (χ1) is 41.0. The Morgan fingerprint density at radius 1 is 0.253 bits per heavy atom. The normalized spacial score (nSPS) is 12.4. The van der Waals surface area contributed by atoms with Gasteiger partial charge in [-0.2, -0.15) is 0 Å². The highest BCUT2D eigenvalue weighted by Crippen LogP contribution is 2.18. The molecule has 1 atom stereocenters. The Morgan fingerprint density at radius 2 is 0.470 bits per heavy atom.